The van der Waals surface area contributed by atoms with Crippen LogP contribution in [0.2, 0.25) is 0 Å². The molecule has 1 aromatic carbocycles. The molecule has 1 fully saturated rings. The van der Waals surface area contributed by atoms with Gasteiger partial charge < -0.3 is 15.5 Å². The molecule has 3 rings (SSSR count). The van der Waals surface area contributed by atoms with Crippen LogP contribution in [-0.4, -0.2) is 30.3 Å². The zero-order chi connectivity index (χ0) is 13.3. The summed E-state index contributed by atoms with van der Waals surface area (Å²) in [6.45, 7) is 1.57. The lowest BCUT2D eigenvalue weighted by Gasteiger charge is -2.18. The quantitative estimate of drug-likeness (QED) is 0.844. The van der Waals surface area contributed by atoms with Crippen molar-refractivity contribution in [2.75, 3.05) is 18.4 Å². The maximum atomic E-state index is 13.0. The molecule has 1 amide bonds. The zero-order valence-electron chi connectivity index (χ0n) is 10.3. The summed E-state index contributed by atoms with van der Waals surface area (Å²) in [5, 5.41) is 9.67. The van der Waals surface area contributed by atoms with Gasteiger partial charge in [0.25, 0.3) is 5.91 Å². The van der Waals surface area contributed by atoms with E-state index in [9.17, 15) is 9.18 Å². The second-order valence-corrected chi connectivity index (χ2v) is 4.88. The second-order valence-electron chi connectivity index (χ2n) is 4.88. The smallest absolute Gasteiger partial charge is 0.273 e. The van der Waals surface area contributed by atoms with Crippen molar-refractivity contribution >= 4 is 17.3 Å². The average molecular weight is 263 g/mol. The molecule has 1 aromatic rings. The number of halogens is 1. The third-order valence-corrected chi connectivity index (χ3v) is 3.39. The number of hydrogen-bond donors (Lipinski definition) is 2. The maximum absolute atomic E-state index is 13.0. The van der Waals surface area contributed by atoms with Gasteiger partial charge in [-0.2, -0.15) is 0 Å². The summed E-state index contributed by atoms with van der Waals surface area (Å²) in [6, 6.07) is 5.76. The first-order valence-corrected chi connectivity index (χ1v) is 6.20. The fourth-order valence-electron chi connectivity index (χ4n) is 2.36. The standard InChI is InChI=1S/C13H14FN3O2/c14-9-2-1-3-10(6-9)16-12(18)11-7-13(19-17-11)4-5-15-8-13/h1-3,6,15H,4-5,7-8H2,(H,16,18)/t13-/m1/s1. The molecule has 1 atom stereocenters. The number of hydrogen-bond acceptors (Lipinski definition) is 4. The van der Waals surface area contributed by atoms with Crippen molar-refractivity contribution in [2.45, 2.75) is 18.4 Å². The SMILES string of the molecule is O=C(Nc1cccc(F)c1)C1=NO[C@]2(CCNC2)C1. The van der Waals surface area contributed by atoms with Crippen LogP contribution in [0, 0.1) is 5.82 Å². The molecule has 6 heteroatoms. The van der Waals surface area contributed by atoms with Gasteiger partial charge in [-0.05, 0) is 24.7 Å². The molecule has 5 nitrogen and oxygen atoms in total. The molecule has 1 saturated heterocycles. The van der Waals surface area contributed by atoms with Crippen LogP contribution in [0.25, 0.3) is 0 Å². The van der Waals surface area contributed by atoms with Gasteiger partial charge >= 0.3 is 0 Å². The number of rotatable bonds is 2. The van der Waals surface area contributed by atoms with Crippen LogP contribution in [0.15, 0.2) is 29.4 Å². The molecule has 19 heavy (non-hydrogen) atoms. The van der Waals surface area contributed by atoms with Crippen molar-refractivity contribution in [3.05, 3.63) is 30.1 Å². The number of nitrogens with zero attached hydrogens (tertiary/aromatic N) is 1. The largest absolute Gasteiger partial charge is 0.387 e. The van der Waals surface area contributed by atoms with Crippen LogP contribution >= 0.6 is 0 Å². The Morgan fingerprint density at radius 2 is 2.42 bits per heavy atom. The Hall–Kier alpha value is -1.95. The van der Waals surface area contributed by atoms with E-state index < -0.39 is 0 Å². The molecule has 100 valence electrons. The van der Waals surface area contributed by atoms with Gasteiger partial charge in [-0.25, -0.2) is 4.39 Å². The van der Waals surface area contributed by atoms with Crippen LogP contribution in [0.3, 0.4) is 0 Å². The fraction of sp³-hybridized carbons (Fsp3) is 0.385. The highest BCUT2D eigenvalue weighted by Gasteiger charge is 2.43. The summed E-state index contributed by atoms with van der Waals surface area (Å²) in [5.74, 6) is -0.728. The number of benzene rings is 1. The van der Waals surface area contributed by atoms with Gasteiger partial charge in [-0.3, -0.25) is 4.79 Å². The van der Waals surface area contributed by atoms with Gasteiger partial charge in [-0.15, -0.1) is 0 Å². The summed E-state index contributed by atoms with van der Waals surface area (Å²) in [6.07, 6.45) is 1.33. The molecule has 2 aliphatic heterocycles. The monoisotopic (exact) mass is 263 g/mol. The van der Waals surface area contributed by atoms with E-state index >= 15 is 0 Å². The molecular formula is C13H14FN3O2. The lowest BCUT2D eigenvalue weighted by Crippen LogP contribution is -2.33. The predicted molar refractivity (Wildman–Crippen MR) is 68.4 cm³/mol. The van der Waals surface area contributed by atoms with E-state index in [4.69, 9.17) is 4.84 Å². The Bertz CT molecular complexity index is 538. The molecular weight excluding hydrogens is 249 g/mol. The third kappa shape index (κ3) is 2.44. The van der Waals surface area contributed by atoms with E-state index in [1.54, 1.807) is 12.1 Å². The molecule has 0 saturated carbocycles. The Morgan fingerprint density at radius 1 is 1.53 bits per heavy atom. The fourth-order valence-corrected chi connectivity index (χ4v) is 2.36. The Labute approximate surface area is 109 Å². The molecule has 1 spiro atoms. The predicted octanol–water partition coefficient (Wildman–Crippen LogP) is 1.27. The van der Waals surface area contributed by atoms with Crippen molar-refractivity contribution in [3.63, 3.8) is 0 Å². The molecule has 0 radical (unpaired) electrons. The van der Waals surface area contributed by atoms with Crippen molar-refractivity contribution in [1.29, 1.82) is 0 Å². The first-order chi connectivity index (χ1) is 9.17. The van der Waals surface area contributed by atoms with E-state index in [-0.39, 0.29) is 17.3 Å². The van der Waals surface area contributed by atoms with E-state index in [2.05, 4.69) is 15.8 Å². The van der Waals surface area contributed by atoms with E-state index in [1.807, 2.05) is 0 Å². The lowest BCUT2D eigenvalue weighted by atomic mass is 9.96. The number of carbonyl (C=O) groups is 1. The van der Waals surface area contributed by atoms with Crippen molar-refractivity contribution in [1.82, 2.24) is 5.32 Å². The number of carbonyl (C=O) groups excluding carboxylic acids is 1. The Kier molecular flexibility index (Phi) is 2.94. The molecule has 0 aromatic heterocycles. The van der Waals surface area contributed by atoms with E-state index in [0.717, 1.165) is 13.0 Å². The molecule has 2 heterocycles. The summed E-state index contributed by atoms with van der Waals surface area (Å²) in [4.78, 5) is 17.4. The first-order valence-electron chi connectivity index (χ1n) is 6.20. The minimum atomic E-state index is -0.390. The lowest BCUT2D eigenvalue weighted by molar-refractivity contribution is -0.110. The third-order valence-electron chi connectivity index (χ3n) is 3.39. The van der Waals surface area contributed by atoms with E-state index in [0.29, 0.717) is 24.4 Å². The van der Waals surface area contributed by atoms with Gasteiger partial charge in [0.05, 0.1) is 0 Å². The minimum Gasteiger partial charge on any atom is -0.387 e. The van der Waals surface area contributed by atoms with Crippen molar-refractivity contribution in [3.8, 4) is 0 Å². The number of amides is 1. The van der Waals surface area contributed by atoms with Gasteiger partial charge in [0.1, 0.15) is 11.5 Å². The maximum Gasteiger partial charge on any atom is 0.273 e. The van der Waals surface area contributed by atoms with Crippen LogP contribution in [0.4, 0.5) is 10.1 Å². The highest BCUT2D eigenvalue weighted by Crippen LogP contribution is 2.30. The molecule has 2 N–H and O–H groups in total. The average Bonchev–Trinajstić information content (AvgIpc) is 3.00. The summed E-state index contributed by atoms with van der Waals surface area (Å²) < 4.78 is 13.0. The van der Waals surface area contributed by atoms with Crippen LogP contribution < -0.4 is 10.6 Å². The van der Waals surface area contributed by atoms with E-state index in [1.165, 1.54) is 12.1 Å². The first kappa shape index (κ1) is 12.1. The molecule has 2 aliphatic rings. The molecule has 0 unspecified atom stereocenters. The normalized spacial score (nSPS) is 25.2. The Morgan fingerprint density at radius 3 is 3.16 bits per heavy atom. The van der Waals surface area contributed by atoms with Crippen LogP contribution in [-0.2, 0) is 9.63 Å². The number of anilines is 1. The zero-order valence-corrected chi connectivity index (χ0v) is 10.3. The minimum absolute atomic E-state index is 0.339. The van der Waals surface area contributed by atoms with Crippen molar-refractivity contribution in [2.24, 2.45) is 5.16 Å². The summed E-state index contributed by atoms with van der Waals surface area (Å²) in [7, 11) is 0. The van der Waals surface area contributed by atoms with Gasteiger partial charge in [0.15, 0.2) is 5.60 Å². The van der Waals surface area contributed by atoms with Crippen LogP contribution in [0.1, 0.15) is 12.8 Å². The van der Waals surface area contributed by atoms with Crippen LogP contribution in [0.5, 0.6) is 0 Å². The van der Waals surface area contributed by atoms with Gasteiger partial charge in [0, 0.05) is 25.1 Å². The van der Waals surface area contributed by atoms with Gasteiger partial charge in [0.2, 0.25) is 0 Å². The second kappa shape index (κ2) is 4.62. The number of oxime groups is 1. The molecule has 0 aliphatic carbocycles. The topological polar surface area (TPSA) is 62.7 Å². The van der Waals surface area contributed by atoms with Crippen molar-refractivity contribution < 1.29 is 14.0 Å². The molecule has 0 bridgehead atoms. The number of nitrogens with one attached hydrogen (secondary N) is 2. The summed E-state index contributed by atoms with van der Waals surface area (Å²) >= 11 is 0. The Balaban J connectivity index is 1.65. The highest BCUT2D eigenvalue weighted by atomic mass is 19.1. The van der Waals surface area contributed by atoms with Gasteiger partial charge in [-0.1, -0.05) is 11.2 Å². The summed E-state index contributed by atoms with van der Waals surface area (Å²) in [5.41, 5.74) is 0.403. The highest BCUT2D eigenvalue weighted by molar-refractivity contribution is 6.43.